The van der Waals surface area contributed by atoms with E-state index >= 15 is 0 Å². The molecule has 2 heterocycles. The van der Waals surface area contributed by atoms with Crippen molar-refractivity contribution in [1.82, 2.24) is 19.7 Å². The van der Waals surface area contributed by atoms with Crippen molar-refractivity contribution in [3.8, 4) is 0 Å². The summed E-state index contributed by atoms with van der Waals surface area (Å²) in [4.78, 5) is 8.17. The monoisotopic (exact) mass is 226 g/mol. The van der Waals surface area contributed by atoms with Crippen molar-refractivity contribution in [2.75, 3.05) is 13.6 Å². The number of rotatable bonds is 3. The van der Waals surface area contributed by atoms with Crippen LogP contribution in [-0.4, -0.2) is 33.1 Å². The highest BCUT2D eigenvalue weighted by Crippen LogP contribution is 2.22. The molecule has 0 saturated heterocycles. The van der Waals surface area contributed by atoms with Gasteiger partial charge in [0.1, 0.15) is 28.9 Å². The first-order valence-electron chi connectivity index (χ1n) is 4.54. The summed E-state index contributed by atoms with van der Waals surface area (Å²) in [6, 6.07) is 1.74. The molecule has 0 spiro atoms. The van der Waals surface area contributed by atoms with Crippen molar-refractivity contribution in [1.29, 1.82) is 0 Å². The number of aromatic nitrogens is 3. The minimum absolute atomic E-state index is 0.404. The number of hydrogen-bond acceptors (Lipinski definition) is 4. The molecular formula is C9H11ClN4O. The fourth-order valence-electron chi connectivity index (χ4n) is 1.39. The predicted octanol–water partition coefficient (Wildman–Crippen LogP) is 0.635. The SMILES string of the molecule is CNCC(O)c1nc2ccncn2c1Cl. The third-order valence-corrected chi connectivity index (χ3v) is 2.49. The maximum absolute atomic E-state index is 9.76. The van der Waals surface area contributed by atoms with E-state index in [4.69, 9.17) is 11.6 Å². The summed E-state index contributed by atoms with van der Waals surface area (Å²) in [5.74, 6) is 0. The van der Waals surface area contributed by atoms with Crippen LogP contribution in [0.4, 0.5) is 0 Å². The van der Waals surface area contributed by atoms with Gasteiger partial charge < -0.3 is 10.4 Å². The second kappa shape index (κ2) is 4.14. The zero-order valence-electron chi connectivity index (χ0n) is 8.18. The van der Waals surface area contributed by atoms with E-state index in [9.17, 15) is 5.11 Å². The van der Waals surface area contributed by atoms with E-state index in [0.29, 0.717) is 23.0 Å². The third-order valence-electron chi connectivity index (χ3n) is 2.11. The van der Waals surface area contributed by atoms with Crippen LogP contribution in [-0.2, 0) is 0 Å². The van der Waals surface area contributed by atoms with Crippen molar-refractivity contribution in [2.24, 2.45) is 0 Å². The quantitative estimate of drug-likeness (QED) is 0.806. The molecule has 0 aromatic carbocycles. The van der Waals surface area contributed by atoms with Crippen LogP contribution in [0.1, 0.15) is 11.8 Å². The number of aliphatic hydroxyl groups is 1. The lowest BCUT2D eigenvalue weighted by Crippen LogP contribution is -2.17. The molecule has 80 valence electrons. The van der Waals surface area contributed by atoms with Crippen LogP contribution in [0, 0.1) is 0 Å². The van der Waals surface area contributed by atoms with Gasteiger partial charge in [0.2, 0.25) is 0 Å². The highest BCUT2D eigenvalue weighted by Gasteiger charge is 2.17. The number of nitrogens with one attached hydrogen (secondary N) is 1. The molecule has 0 radical (unpaired) electrons. The lowest BCUT2D eigenvalue weighted by atomic mass is 10.3. The average Bonchev–Trinajstić information content (AvgIpc) is 2.57. The molecule has 0 fully saturated rings. The maximum atomic E-state index is 9.76. The first-order chi connectivity index (χ1) is 7.24. The highest BCUT2D eigenvalue weighted by atomic mass is 35.5. The zero-order valence-corrected chi connectivity index (χ0v) is 8.94. The summed E-state index contributed by atoms with van der Waals surface area (Å²) in [6.45, 7) is 0.414. The van der Waals surface area contributed by atoms with E-state index in [1.54, 1.807) is 30.0 Å². The summed E-state index contributed by atoms with van der Waals surface area (Å²) in [5, 5.41) is 13.0. The number of nitrogens with zero attached hydrogens (tertiary/aromatic N) is 3. The summed E-state index contributed by atoms with van der Waals surface area (Å²) in [6.07, 6.45) is 2.50. The van der Waals surface area contributed by atoms with E-state index < -0.39 is 6.10 Å². The summed E-state index contributed by atoms with van der Waals surface area (Å²) in [5.41, 5.74) is 1.15. The van der Waals surface area contributed by atoms with E-state index in [-0.39, 0.29) is 0 Å². The Morgan fingerprint density at radius 2 is 2.47 bits per heavy atom. The zero-order chi connectivity index (χ0) is 10.8. The van der Waals surface area contributed by atoms with Crippen molar-refractivity contribution in [3.05, 3.63) is 29.4 Å². The van der Waals surface area contributed by atoms with Gasteiger partial charge in [-0.2, -0.15) is 0 Å². The van der Waals surface area contributed by atoms with Gasteiger partial charge in [0, 0.05) is 12.7 Å². The van der Waals surface area contributed by atoms with Gasteiger partial charge >= 0.3 is 0 Å². The minimum atomic E-state index is -0.706. The van der Waals surface area contributed by atoms with E-state index in [2.05, 4.69) is 15.3 Å². The highest BCUT2D eigenvalue weighted by molar-refractivity contribution is 6.30. The second-order valence-electron chi connectivity index (χ2n) is 3.17. The van der Waals surface area contributed by atoms with Crippen LogP contribution in [0.5, 0.6) is 0 Å². The smallest absolute Gasteiger partial charge is 0.141 e. The number of fused-ring (bicyclic) bond motifs is 1. The van der Waals surface area contributed by atoms with Crippen molar-refractivity contribution in [3.63, 3.8) is 0 Å². The Balaban J connectivity index is 2.48. The molecule has 2 aromatic rings. The number of aliphatic hydroxyl groups excluding tert-OH is 1. The Labute approximate surface area is 91.7 Å². The number of halogens is 1. The molecule has 15 heavy (non-hydrogen) atoms. The fourth-order valence-corrected chi connectivity index (χ4v) is 1.69. The molecule has 0 saturated carbocycles. The third kappa shape index (κ3) is 1.81. The Morgan fingerprint density at radius 3 is 3.13 bits per heavy atom. The molecule has 0 bridgehead atoms. The fraction of sp³-hybridized carbons (Fsp3) is 0.333. The largest absolute Gasteiger partial charge is 0.385 e. The molecule has 0 aliphatic rings. The number of likely N-dealkylation sites (N-methyl/N-ethyl adjacent to an activating group) is 1. The molecule has 1 atom stereocenters. The van der Waals surface area contributed by atoms with Crippen LogP contribution >= 0.6 is 11.6 Å². The van der Waals surface area contributed by atoms with E-state index in [1.165, 1.54) is 0 Å². The lowest BCUT2D eigenvalue weighted by molar-refractivity contribution is 0.174. The Bertz CT molecular complexity index is 470. The van der Waals surface area contributed by atoms with Crippen LogP contribution in [0.2, 0.25) is 5.15 Å². The summed E-state index contributed by atoms with van der Waals surface area (Å²) >= 11 is 6.06. The Morgan fingerprint density at radius 1 is 1.67 bits per heavy atom. The van der Waals surface area contributed by atoms with Crippen LogP contribution in [0.25, 0.3) is 5.65 Å². The van der Waals surface area contributed by atoms with Gasteiger partial charge in [0.15, 0.2) is 0 Å². The summed E-state index contributed by atoms with van der Waals surface area (Å²) < 4.78 is 1.63. The van der Waals surface area contributed by atoms with Gasteiger partial charge in [-0.25, -0.2) is 9.97 Å². The molecule has 2 rings (SSSR count). The van der Waals surface area contributed by atoms with Gasteiger partial charge in [-0.05, 0) is 13.1 Å². The summed E-state index contributed by atoms with van der Waals surface area (Å²) in [7, 11) is 1.76. The maximum Gasteiger partial charge on any atom is 0.141 e. The number of imidazole rings is 1. The number of hydrogen-bond donors (Lipinski definition) is 2. The average molecular weight is 227 g/mol. The molecule has 0 aliphatic heterocycles. The van der Waals surface area contributed by atoms with E-state index in [1.807, 2.05) is 0 Å². The standard InChI is InChI=1S/C9H11ClN4O/c1-11-4-6(15)8-9(10)14-5-12-3-2-7(14)13-8/h2-3,5-6,11,15H,4H2,1H3. The molecular weight excluding hydrogens is 216 g/mol. The van der Waals surface area contributed by atoms with Gasteiger partial charge in [0.05, 0.1) is 0 Å². The molecule has 6 heteroatoms. The van der Waals surface area contributed by atoms with Crippen molar-refractivity contribution >= 4 is 17.2 Å². The normalized spacial score (nSPS) is 13.3. The molecule has 2 N–H and O–H groups in total. The van der Waals surface area contributed by atoms with Gasteiger partial charge in [-0.3, -0.25) is 4.40 Å². The van der Waals surface area contributed by atoms with Crippen LogP contribution in [0.15, 0.2) is 18.6 Å². The van der Waals surface area contributed by atoms with Crippen molar-refractivity contribution in [2.45, 2.75) is 6.10 Å². The van der Waals surface area contributed by atoms with E-state index in [0.717, 1.165) is 0 Å². The lowest BCUT2D eigenvalue weighted by Gasteiger charge is -2.06. The molecule has 2 aromatic heterocycles. The van der Waals surface area contributed by atoms with Crippen LogP contribution in [0.3, 0.4) is 0 Å². The van der Waals surface area contributed by atoms with Crippen LogP contribution < -0.4 is 5.32 Å². The van der Waals surface area contributed by atoms with Crippen molar-refractivity contribution < 1.29 is 5.11 Å². The first kappa shape index (κ1) is 10.4. The predicted molar refractivity (Wildman–Crippen MR) is 56.9 cm³/mol. The van der Waals surface area contributed by atoms with Gasteiger partial charge in [0.25, 0.3) is 0 Å². The van der Waals surface area contributed by atoms with Gasteiger partial charge in [-0.15, -0.1) is 0 Å². The molecule has 0 amide bonds. The Hall–Kier alpha value is -1.17. The molecule has 5 nitrogen and oxygen atoms in total. The molecule has 0 aliphatic carbocycles. The Kier molecular flexibility index (Phi) is 2.86. The topological polar surface area (TPSA) is 62.5 Å². The van der Waals surface area contributed by atoms with Gasteiger partial charge in [-0.1, -0.05) is 11.6 Å². The first-order valence-corrected chi connectivity index (χ1v) is 4.92. The minimum Gasteiger partial charge on any atom is -0.385 e. The molecule has 1 unspecified atom stereocenters. The second-order valence-corrected chi connectivity index (χ2v) is 3.53.